The molecule has 0 spiro atoms. The van der Waals surface area contributed by atoms with Crippen LogP contribution in [0.3, 0.4) is 0 Å². The van der Waals surface area contributed by atoms with Crippen molar-refractivity contribution in [3.63, 3.8) is 0 Å². The number of rotatable bonds is 6. The molecular weight excluding hydrogens is 236 g/mol. The average Bonchev–Trinajstić information content (AvgIpc) is 2.30. The van der Waals surface area contributed by atoms with E-state index in [1.165, 1.54) is 6.07 Å². The molecule has 1 rings (SSSR count). The highest BCUT2D eigenvalue weighted by Crippen LogP contribution is 2.21. The van der Waals surface area contributed by atoms with Crippen LogP contribution in [0.4, 0.5) is 0 Å². The zero-order valence-electron chi connectivity index (χ0n) is 9.85. The standard InChI is InChI=1S/C12H16N2O4/c13-5-3-7-1-2-9(11(15)16)10(12(17)18)8(7)4-6-14/h1-2H,3-6,13-14H2,(H,15,16)(H,17,18). The summed E-state index contributed by atoms with van der Waals surface area (Å²) in [6, 6.07) is 2.91. The monoisotopic (exact) mass is 252 g/mol. The molecule has 6 heteroatoms. The fourth-order valence-electron chi connectivity index (χ4n) is 1.93. The maximum atomic E-state index is 11.2. The minimum absolute atomic E-state index is 0.182. The molecule has 6 nitrogen and oxygen atoms in total. The second-order valence-corrected chi connectivity index (χ2v) is 3.81. The van der Waals surface area contributed by atoms with E-state index in [4.69, 9.17) is 16.6 Å². The first kappa shape index (κ1) is 14.1. The zero-order chi connectivity index (χ0) is 13.7. The Labute approximate surface area is 104 Å². The number of carboxylic acid groups (broad SMARTS) is 2. The van der Waals surface area contributed by atoms with E-state index in [9.17, 15) is 14.7 Å². The van der Waals surface area contributed by atoms with Crippen LogP contribution in [0.25, 0.3) is 0 Å². The van der Waals surface area contributed by atoms with Crippen molar-refractivity contribution < 1.29 is 19.8 Å². The number of carbonyl (C=O) groups is 2. The fraction of sp³-hybridized carbons (Fsp3) is 0.333. The highest BCUT2D eigenvalue weighted by Gasteiger charge is 2.21. The molecule has 0 fully saturated rings. The van der Waals surface area contributed by atoms with Crippen LogP contribution in [0, 0.1) is 0 Å². The Bertz CT molecular complexity index is 471. The molecule has 0 radical (unpaired) electrons. The zero-order valence-corrected chi connectivity index (χ0v) is 9.85. The van der Waals surface area contributed by atoms with Gasteiger partial charge in [-0.25, -0.2) is 9.59 Å². The van der Waals surface area contributed by atoms with Crippen molar-refractivity contribution in [1.29, 1.82) is 0 Å². The molecule has 0 saturated carbocycles. The maximum absolute atomic E-state index is 11.2. The summed E-state index contributed by atoms with van der Waals surface area (Å²) in [6.45, 7) is 0.615. The van der Waals surface area contributed by atoms with Crippen molar-refractivity contribution in [2.45, 2.75) is 12.8 Å². The summed E-state index contributed by atoms with van der Waals surface area (Å²) in [5, 5.41) is 18.2. The smallest absolute Gasteiger partial charge is 0.336 e. The van der Waals surface area contributed by atoms with Gasteiger partial charge in [0.2, 0.25) is 0 Å². The third-order valence-electron chi connectivity index (χ3n) is 2.66. The lowest BCUT2D eigenvalue weighted by Gasteiger charge is -2.13. The van der Waals surface area contributed by atoms with E-state index in [1.54, 1.807) is 6.07 Å². The predicted molar refractivity (Wildman–Crippen MR) is 65.9 cm³/mol. The third-order valence-corrected chi connectivity index (χ3v) is 2.66. The molecule has 0 saturated heterocycles. The van der Waals surface area contributed by atoms with Gasteiger partial charge in [0.25, 0.3) is 0 Å². The number of nitrogens with two attached hydrogens (primary N) is 2. The summed E-state index contributed by atoms with van der Waals surface area (Å²) in [4.78, 5) is 22.3. The van der Waals surface area contributed by atoms with Gasteiger partial charge >= 0.3 is 11.9 Å². The largest absolute Gasteiger partial charge is 0.478 e. The van der Waals surface area contributed by atoms with Gasteiger partial charge in [-0.15, -0.1) is 0 Å². The van der Waals surface area contributed by atoms with Crippen molar-refractivity contribution in [2.24, 2.45) is 11.5 Å². The van der Waals surface area contributed by atoms with Gasteiger partial charge in [-0.3, -0.25) is 0 Å². The minimum atomic E-state index is -1.26. The molecule has 6 N–H and O–H groups in total. The Hall–Kier alpha value is -1.92. The number of carboxylic acids is 2. The van der Waals surface area contributed by atoms with E-state index >= 15 is 0 Å². The third kappa shape index (κ3) is 2.85. The number of hydrogen-bond acceptors (Lipinski definition) is 4. The Morgan fingerprint density at radius 1 is 1.00 bits per heavy atom. The first-order valence-electron chi connectivity index (χ1n) is 5.54. The van der Waals surface area contributed by atoms with Gasteiger partial charge in [0.15, 0.2) is 0 Å². The lowest BCUT2D eigenvalue weighted by molar-refractivity contribution is 0.0650. The summed E-state index contributed by atoms with van der Waals surface area (Å²) >= 11 is 0. The molecule has 1 aromatic carbocycles. The second kappa shape index (κ2) is 6.13. The van der Waals surface area contributed by atoms with E-state index < -0.39 is 11.9 Å². The van der Waals surface area contributed by atoms with Crippen LogP contribution in [0.15, 0.2) is 12.1 Å². The molecular formula is C12H16N2O4. The van der Waals surface area contributed by atoms with Gasteiger partial charge < -0.3 is 21.7 Å². The molecule has 1 aromatic rings. The summed E-state index contributed by atoms with van der Waals surface area (Å²) < 4.78 is 0. The van der Waals surface area contributed by atoms with E-state index in [0.29, 0.717) is 24.9 Å². The molecule has 0 unspecified atom stereocenters. The molecule has 0 aliphatic carbocycles. The van der Waals surface area contributed by atoms with Crippen LogP contribution in [0.2, 0.25) is 0 Å². The number of benzene rings is 1. The molecule has 0 bridgehead atoms. The van der Waals surface area contributed by atoms with Gasteiger partial charge in [0.1, 0.15) is 0 Å². The van der Waals surface area contributed by atoms with E-state index in [2.05, 4.69) is 0 Å². The van der Waals surface area contributed by atoms with Gasteiger partial charge in [0.05, 0.1) is 11.1 Å². The maximum Gasteiger partial charge on any atom is 0.336 e. The van der Waals surface area contributed by atoms with Crippen molar-refractivity contribution in [1.82, 2.24) is 0 Å². The molecule has 98 valence electrons. The highest BCUT2D eigenvalue weighted by atomic mass is 16.4. The molecule has 0 heterocycles. The molecule has 0 amide bonds. The van der Waals surface area contributed by atoms with Crippen molar-refractivity contribution in [2.75, 3.05) is 13.1 Å². The van der Waals surface area contributed by atoms with Gasteiger partial charge in [-0.2, -0.15) is 0 Å². The molecule has 0 aliphatic rings. The Morgan fingerprint density at radius 3 is 2.06 bits per heavy atom. The van der Waals surface area contributed by atoms with E-state index in [-0.39, 0.29) is 17.7 Å². The average molecular weight is 252 g/mol. The summed E-state index contributed by atoms with van der Waals surface area (Å²) in [6.07, 6.45) is 0.813. The Morgan fingerprint density at radius 2 is 1.61 bits per heavy atom. The first-order chi connectivity index (χ1) is 8.52. The topological polar surface area (TPSA) is 127 Å². The summed E-state index contributed by atoms with van der Waals surface area (Å²) in [7, 11) is 0. The molecule has 0 aromatic heterocycles. The van der Waals surface area contributed by atoms with Crippen LogP contribution in [0.1, 0.15) is 31.8 Å². The van der Waals surface area contributed by atoms with Crippen molar-refractivity contribution in [3.8, 4) is 0 Å². The van der Waals surface area contributed by atoms with Crippen LogP contribution in [-0.2, 0) is 12.8 Å². The Balaban J connectivity index is 3.48. The minimum Gasteiger partial charge on any atom is -0.478 e. The number of hydrogen-bond donors (Lipinski definition) is 4. The van der Waals surface area contributed by atoms with Gasteiger partial charge in [-0.1, -0.05) is 6.07 Å². The first-order valence-corrected chi connectivity index (χ1v) is 5.54. The van der Waals surface area contributed by atoms with E-state index in [0.717, 1.165) is 5.56 Å². The lowest BCUT2D eigenvalue weighted by atomic mass is 9.92. The predicted octanol–water partition coefficient (Wildman–Crippen LogP) is 0.0854. The van der Waals surface area contributed by atoms with Crippen LogP contribution in [-0.4, -0.2) is 35.2 Å². The molecule has 0 atom stereocenters. The quantitative estimate of drug-likeness (QED) is 0.568. The van der Waals surface area contributed by atoms with Crippen molar-refractivity contribution in [3.05, 3.63) is 34.4 Å². The SMILES string of the molecule is NCCc1ccc(C(=O)O)c(C(=O)O)c1CCN. The van der Waals surface area contributed by atoms with Gasteiger partial charge in [-0.05, 0) is 43.1 Å². The van der Waals surface area contributed by atoms with Crippen molar-refractivity contribution >= 4 is 11.9 Å². The summed E-state index contributed by atoms with van der Waals surface area (Å²) in [5.74, 6) is -2.51. The fourth-order valence-corrected chi connectivity index (χ4v) is 1.93. The van der Waals surface area contributed by atoms with Crippen LogP contribution >= 0.6 is 0 Å². The second-order valence-electron chi connectivity index (χ2n) is 3.81. The summed E-state index contributed by atoms with van der Waals surface area (Å²) in [5.41, 5.74) is 11.7. The highest BCUT2D eigenvalue weighted by molar-refractivity contribution is 6.03. The molecule has 0 aliphatic heterocycles. The van der Waals surface area contributed by atoms with E-state index in [1.807, 2.05) is 0 Å². The van der Waals surface area contributed by atoms with Gasteiger partial charge in [0, 0.05) is 0 Å². The normalized spacial score (nSPS) is 10.3. The Kier molecular flexibility index (Phi) is 4.82. The van der Waals surface area contributed by atoms with Crippen LogP contribution in [0.5, 0.6) is 0 Å². The lowest BCUT2D eigenvalue weighted by Crippen LogP contribution is -2.17. The number of aromatic carboxylic acids is 2. The van der Waals surface area contributed by atoms with Crippen LogP contribution < -0.4 is 11.5 Å². The molecule has 18 heavy (non-hydrogen) atoms.